The fourth-order valence-corrected chi connectivity index (χ4v) is 4.32. The van der Waals surface area contributed by atoms with Crippen LogP contribution in [0.5, 0.6) is 0 Å². The molecule has 0 aliphatic heterocycles. The molecule has 4 aromatic carbocycles. The quantitative estimate of drug-likeness (QED) is 0.125. The molecule has 0 N–H and O–H groups in total. The zero-order valence-electron chi connectivity index (χ0n) is 20.8. The van der Waals surface area contributed by atoms with Gasteiger partial charge in [-0.25, -0.2) is 17.6 Å². The smallest absolute Gasteiger partial charge is 0.134 e. The molecule has 4 rings (SSSR count). The second-order valence-electron chi connectivity index (χ2n) is 8.94. The maximum absolute atomic E-state index is 15.1. The van der Waals surface area contributed by atoms with Crippen LogP contribution in [0.1, 0.15) is 37.3 Å². The lowest BCUT2D eigenvalue weighted by Gasteiger charge is -2.11. The minimum atomic E-state index is -0.845. The highest BCUT2D eigenvalue weighted by molar-refractivity contribution is 5.75. The lowest BCUT2D eigenvalue weighted by atomic mass is 9.96. The summed E-state index contributed by atoms with van der Waals surface area (Å²) in [7, 11) is 1.36. The van der Waals surface area contributed by atoms with Crippen molar-refractivity contribution in [3.05, 3.63) is 113 Å². The molecule has 0 atom stereocenters. The van der Waals surface area contributed by atoms with Crippen LogP contribution in [0.25, 0.3) is 39.5 Å². The summed E-state index contributed by atoms with van der Waals surface area (Å²) in [5.41, 5.74) is 3.23. The molecular formula is C32H28F4O. The highest BCUT2D eigenvalue weighted by Gasteiger charge is 2.15. The van der Waals surface area contributed by atoms with Crippen molar-refractivity contribution in [3.8, 4) is 33.4 Å². The first-order valence-corrected chi connectivity index (χ1v) is 12.3. The fraction of sp³-hybridized carbons (Fsp3) is 0.188. The van der Waals surface area contributed by atoms with E-state index in [0.29, 0.717) is 5.56 Å². The van der Waals surface area contributed by atoms with E-state index in [0.717, 1.165) is 48.4 Å². The van der Waals surface area contributed by atoms with Crippen LogP contribution < -0.4 is 0 Å². The van der Waals surface area contributed by atoms with Gasteiger partial charge in [0.25, 0.3) is 0 Å². The SMILES string of the molecule is CCCCCc1ccc(-c2ccc(-c3ccc(-c4cc(F)c(C=COC)c(F)c4)c(F)c3)c(F)c2)cc1. The van der Waals surface area contributed by atoms with Crippen LogP contribution in [0.15, 0.2) is 79.1 Å². The summed E-state index contributed by atoms with van der Waals surface area (Å²) in [6.45, 7) is 2.17. The van der Waals surface area contributed by atoms with Crippen molar-refractivity contribution < 1.29 is 22.3 Å². The van der Waals surface area contributed by atoms with Gasteiger partial charge >= 0.3 is 0 Å². The molecule has 0 spiro atoms. The number of hydrogen-bond donors (Lipinski definition) is 0. The molecule has 37 heavy (non-hydrogen) atoms. The van der Waals surface area contributed by atoms with Gasteiger partial charge in [0, 0.05) is 16.7 Å². The molecule has 0 saturated heterocycles. The van der Waals surface area contributed by atoms with E-state index < -0.39 is 23.3 Å². The summed E-state index contributed by atoms with van der Waals surface area (Å²) in [6.07, 6.45) is 6.85. The van der Waals surface area contributed by atoms with Gasteiger partial charge in [-0.15, -0.1) is 0 Å². The molecule has 0 amide bonds. The van der Waals surface area contributed by atoms with Gasteiger partial charge in [-0.2, -0.15) is 0 Å². The highest BCUT2D eigenvalue weighted by Crippen LogP contribution is 2.33. The van der Waals surface area contributed by atoms with Gasteiger partial charge in [0.05, 0.1) is 13.4 Å². The van der Waals surface area contributed by atoms with E-state index in [1.807, 2.05) is 12.1 Å². The summed E-state index contributed by atoms with van der Waals surface area (Å²) < 4.78 is 63.6. The third-order valence-electron chi connectivity index (χ3n) is 6.37. The van der Waals surface area contributed by atoms with Crippen LogP contribution in [0, 0.1) is 23.3 Å². The Morgan fingerprint density at radius 2 is 1.16 bits per heavy atom. The molecular weight excluding hydrogens is 476 g/mol. The largest absolute Gasteiger partial charge is 0.504 e. The summed E-state index contributed by atoms with van der Waals surface area (Å²) in [6, 6.07) is 19.2. The molecule has 0 bridgehead atoms. The Bertz CT molecular complexity index is 1380. The van der Waals surface area contributed by atoms with Gasteiger partial charge < -0.3 is 4.74 Å². The number of unbranched alkanes of at least 4 members (excludes halogenated alkanes) is 2. The molecule has 4 aromatic rings. The predicted molar refractivity (Wildman–Crippen MR) is 142 cm³/mol. The van der Waals surface area contributed by atoms with Gasteiger partial charge in [-0.1, -0.05) is 68.3 Å². The molecule has 190 valence electrons. The molecule has 0 aliphatic carbocycles. The topological polar surface area (TPSA) is 9.23 Å². The first-order valence-electron chi connectivity index (χ1n) is 12.3. The molecule has 0 saturated carbocycles. The number of hydrogen-bond acceptors (Lipinski definition) is 1. The number of aryl methyl sites for hydroxylation is 1. The molecule has 0 aliphatic rings. The molecule has 0 heterocycles. The minimum Gasteiger partial charge on any atom is -0.504 e. The summed E-state index contributed by atoms with van der Waals surface area (Å²) in [4.78, 5) is 0. The number of ether oxygens (including phenoxy) is 1. The number of benzene rings is 4. The minimum absolute atomic E-state index is 0.0138. The van der Waals surface area contributed by atoms with Crippen molar-refractivity contribution >= 4 is 6.08 Å². The van der Waals surface area contributed by atoms with Crippen LogP contribution in [-0.2, 0) is 11.2 Å². The first-order chi connectivity index (χ1) is 17.9. The predicted octanol–water partition coefficient (Wildman–Crippen LogP) is 9.59. The molecule has 0 fully saturated rings. The fourth-order valence-electron chi connectivity index (χ4n) is 4.32. The normalized spacial score (nSPS) is 11.3. The molecule has 0 radical (unpaired) electrons. The van der Waals surface area contributed by atoms with E-state index >= 15 is 8.78 Å². The Morgan fingerprint density at radius 1 is 0.622 bits per heavy atom. The van der Waals surface area contributed by atoms with Gasteiger partial charge in [0.15, 0.2) is 0 Å². The van der Waals surface area contributed by atoms with E-state index in [2.05, 4.69) is 19.1 Å². The second-order valence-corrected chi connectivity index (χ2v) is 8.94. The van der Waals surface area contributed by atoms with Gasteiger partial charge in [0.1, 0.15) is 23.3 Å². The van der Waals surface area contributed by atoms with Gasteiger partial charge in [-0.05, 0) is 71.0 Å². The zero-order chi connectivity index (χ0) is 26.4. The molecule has 0 unspecified atom stereocenters. The van der Waals surface area contributed by atoms with Crippen molar-refractivity contribution in [1.82, 2.24) is 0 Å². The average molecular weight is 505 g/mol. The van der Waals surface area contributed by atoms with Crippen LogP contribution in [0.3, 0.4) is 0 Å². The maximum Gasteiger partial charge on any atom is 0.134 e. The Morgan fingerprint density at radius 3 is 1.76 bits per heavy atom. The summed E-state index contributed by atoms with van der Waals surface area (Å²) in [5.74, 6) is -2.88. The second kappa shape index (κ2) is 11.9. The van der Waals surface area contributed by atoms with Crippen molar-refractivity contribution in [1.29, 1.82) is 0 Å². The Kier molecular flexibility index (Phi) is 8.44. The van der Waals surface area contributed by atoms with Crippen molar-refractivity contribution in [2.45, 2.75) is 32.6 Å². The van der Waals surface area contributed by atoms with Crippen LogP contribution in [-0.4, -0.2) is 7.11 Å². The first kappa shape index (κ1) is 26.2. The van der Waals surface area contributed by atoms with E-state index in [1.165, 1.54) is 49.8 Å². The number of methoxy groups -OCH3 is 1. The summed E-state index contributed by atoms with van der Waals surface area (Å²) >= 11 is 0. The van der Waals surface area contributed by atoms with Crippen molar-refractivity contribution in [2.75, 3.05) is 7.11 Å². The third-order valence-corrected chi connectivity index (χ3v) is 6.37. The molecule has 1 nitrogen and oxygen atoms in total. The Hall–Kier alpha value is -3.86. The average Bonchev–Trinajstić information content (AvgIpc) is 2.88. The van der Waals surface area contributed by atoms with Crippen molar-refractivity contribution in [2.24, 2.45) is 0 Å². The standard InChI is InChI=1S/C32H28F4O/c1-3-4-5-6-21-7-9-22(10-8-21)23-11-13-26(29(33)17-23)24-12-14-27(30(34)18-24)25-19-31(35)28(15-16-37-2)32(36)20-25/h7-20H,3-6H2,1-2H3. The molecule has 0 aromatic heterocycles. The lowest BCUT2D eigenvalue weighted by molar-refractivity contribution is 0.341. The third kappa shape index (κ3) is 6.11. The van der Waals surface area contributed by atoms with Gasteiger partial charge in [0.2, 0.25) is 0 Å². The lowest BCUT2D eigenvalue weighted by Crippen LogP contribution is -1.94. The van der Waals surface area contributed by atoms with E-state index in [9.17, 15) is 8.78 Å². The Labute approximate surface area is 215 Å². The molecule has 5 heteroatoms. The monoisotopic (exact) mass is 504 g/mol. The number of halogens is 4. The van der Waals surface area contributed by atoms with Crippen LogP contribution in [0.2, 0.25) is 0 Å². The van der Waals surface area contributed by atoms with Gasteiger partial charge in [-0.3, -0.25) is 0 Å². The van der Waals surface area contributed by atoms with E-state index in [-0.39, 0.29) is 22.3 Å². The van der Waals surface area contributed by atoms with Crippen LogP contribution in [0.4, 0.5) is 17.6 Å². The van der Waals surface area contributed by atoms with Crippen molar-refractivity contribution in [3.63, 3.8) is 0 Å². The van der Waals surface area contributed by atoms with E-state index in [4.69, 9.17) is 4.74 Å². The van der Waals surface area contributed by atoms with E-state index in [1.54, 1.807) is 12.1 Å². The zero-order valence-corrected chi connectivity index (χ0v) is 20.8. The maximum atomic E-state index is 15.1. The summed E-state index contributed by atoms with van der Waals surface area (Å²) in [5, 5.41) is 0. The van der Waals surface area contributed by atoms with Crippen LogP contribution >= 0.6 is 0 Å². The highest BCUT2D eigenvalue weighted by atomic mass is 19.1. The Balaban J connectivity index is 1.57. The number of rotatable bonds is 9.